The minimum atomic E-state index is -4.77. The van der Waals surface area contributed by atoms with Gasteiger partial charge in [0.1, 0.15) is 28.1 Å². The van der Waals surface area contributed by atoms with Gasteiger partial charge in [-0.15, -0.1) is 0 Å². The number of rotatable bonds is 4. The predicted octanol–water partition coefficient (Wildman–Crippen LogP) is 6.95. The summed E-state index contributed by atoms with van der Waals surface area (Å²) in [6.45, 7) is 0. The summed E-state index contributed by atoms with van der Waals surface area (Å²) in [6.07, 6.45) is -5.85. The van der Waals surface area contributed by atoms with Gasteiger partial charge in [-0.3, -0.25) is 9.20 Å². The number of halogens is 6. The maximum atomic E-state index is 13.9. The lowest BCUT2D eigenvalue weighted by Crippen LogP contribution is -2.15. The largest absolute Gasteiger partial charge is 0.513 e. The molecule has 1 N–H and O–H groups in total. The Hall–Kier alpha value is -4.12. The molecule has 12 heteroatoms. The molecule has 0 radical (unpaired) electrons. The molecular weight excluding hydrogens is 511 g/mol. The summed E-state index contributed by atoms with van der Waals surface area (Å²) in [7, 11) is 1.07. The van der Waals surface area contributed by atoms with Crippen molar-refractivity contribution < 1.29 is 41.0 Å². The van der Waals surface area contributed by atoms with Crippen LogP contribution in [0.5, 0.6) is 5.75 Å². The number of anilines is 1. The molecule has 0 fully saturated rings. The number of amides is 1. The lowest BCUT2D eigenvalue weighted by atomic mass is 10.1. The Bertz CT molecular complexity index is 1460. The molecule has 36 heavy (non-hydrogen) atoms. The number of fused-ring (bicyclic) bond motifs is 1. The standard InChI is InChI=1S/C24H14ClF5N2O4/c1-35-23(34)36-15-9-14-10-16(24(28,29)30)21(32(14)19(25)11-15)12-5-7-13(8-6-12)31-22(33)20-17(26)3-2-4-18(20)27/h2-11H,1H3,(H,31,33). The molecule has 0 bridgehead atoms. The van der Waals surface area contributed by atoms with Crippen LogP contribution >= 0.6 is 11.6 Å². The van der Waals surface area contributed by atoms with Crippen LogP contribution in [0.1, 0.15) is 15.9 Å². The Morgan fingerprint density at radius 3 is 2.19 bits per heavy atom. The number of alkyl halides is 3. The van der Waals surface area contributed by atoms with E-state index in [9.17, 15) is 31.5 Å². The summed E-state index contributed by atoms with van der Waals surface area (Å²) in [4.78, 5) is 23.7. The number of hydrogen-bond donors (Lipinski definition) is 1. The normalized spacial score (nSPS) is 11.4. The van der Waals surface area contributed by atoms with Gasteiger partial charge in [0.15, 0.2) is 0 Å². The van der Waals surface area contributed by atoms with Crippen molar-refractivity contribution in [3.8, 4) is 17.0 Å². The molecule has 1 amide bonds. The van der Waals surface area contributed by atoms with E-state index in [4.69, 9.17) is 16.3 Å². The Morgan fingerprint density at radius 2 is 1.61 bits per heavy atom. The molecule has 4 rings (SSSR count). The second-order valence-corrected chi connectivity index (χ2v) is 7.75. The number of carbonyl (C=O) groups is 2. The summed E-state index contributed by atoms with van der Waals surface area (Å²) >= 11 is 6.24. The fourth-order valence-electron chi connectivity index (χ4n) is 3.55. The van der Waals surface area contributed by atoms with E-state index in [-0.39, 0.29) is 33.4 Å². The zero-order chi connectivity index (χ0) is 26.2. The monoisotopic (exact) mass is 524 g/mol. The van der Waals surface area contributed by atoms with Crippen molar-refractivity contribution in [2.24, 2.45) is 0 Å². The zero-order valence-electron chi connectivity index (χ0n) is 18.1. The second kappa shape index (κ2) is 9.50. The number of aromatic nitrogens is 1. The van der Waals surface area contributed by atoms with E-state index in [0.29, 0.717) is 0 Å². The third kappa shape index (κ3) is 4.82. The molecule has 4 aromatic rings. The highest BCUT2D eigenvalue weighted by atomic mass is 35.5. The molecule has 0 atom stereocenters. The fraction of sp³-hybridized carbons (Fsp3) is 0.0833. The molecule has 0 aliphatic rings. The summed E-state index contributed by atoms with van der Waals surface area (Å²) in [5.74, 6) is -3.33. The van der Waals surface area contributed by atoms with Gasteiger partial charge in [0.2, 0.25) is 0 Å². The summed E-state index contributed by atoms with van der Waals surface area (Å²) in [6, 6.07) is 11.2. The van der Waals surface area contributed by atoms with Crippen LogP contribution in [-0.4, -0.2) is 23.6 Å². The van der Waals surface area contributed by atoms with Gasteiger partial charge in [-0.25, -0.2) is 13.6 Å². The first-order valence-electron chi connectivity index (χ1n) is 10.0. The molecule has 0 unspecified atom stereocenters. The highest BCUT2D eigenvalue weighted by molar-refractivity contribution is 6.30. The smallest absolute Gasteiger partial charge is 0.437 e. The Kier molecular flexibility index (Phi) is 6.59. The Labute approximate surface area is 204 Å². The summed E-state index contributed by atoms with van der Waals surface area (Å²) < 4.78 is 79.7. The number of pyridine rings is 1. The van der Waals surface area contributed by atoms with Crippen LogP contribution < -0.4 is 10.1 Å². The van der Waals surface area contributed by atoms with Crippen molar-refractivity contribution in [2.45, 2.75) is 6.18 Å². The van der Waals surface area contributed by atoms with Gasteiger partial charge in [-0.2, -0.15) is 13.2 Å². The van der Waals surface area contributed by atoms with Crippen LogP contribution in [0.15, 0.2) is 60.7 Å². The van der Waals surface area contributed by atoms with Crippen molar-refractivity contribution in [3.05, 3.63) is 88.6 Å². The zero-order valence-corrected chi connectivity index (χ0v) is 18.9. The first-order valence-corrected chi connectivity index (χ1v) is 10.4. The molecular formula is C24H14ClF5N2O4. The molecule has 2 heterocycles. The maximum absolute atomic E-state index is 13.9. The van der Waals surface area contributed by atoms with Crippen molar-refractivity contribution >= 4 is 34.9 Å². The van der Waals surface area contributed by atoms with Crippen LogP contribution in [0.2, 0.25) is 5.15 Å². The van der Waals surface area contributed by atoms with E-state index in [1.54, 1.807) is 0 Å². The molecule has 186 valence electrons. The molecule has 2 aromatic heterocycles. The molecule has 0 saturated heterocycles. The van der Waals surface area contributed by atoms with Crippen molar-refractivity contribution in [1.29, 1.82) is 0 Å². The van der Waals surface area contributed by atoms with E-state index in [1.165, 1.54) is 30.3 Å². The molecule has 0 spiro atoms. The Morgan fingerprint density at radius 1 is 0.972 bits per heavy atom. The van der Waals surface area contributed by atoms with Crippen LogP contribution in [0.3, 0.4) is 0 Å². The predicted molar refractivity (Wildman–Crippen MR) is 120 cm³/mol. The summed E-state index contributed by atoms with van der Waals surface area (Å²) in [5.41, 5.74) is -2.00. The highest BCUT2D eigenvalue weighted by Crippen LogP contribution is 2.41. The molecule has 6 nitrogen and oxygen atoms in total. The van der Waals surface area contributed by atoms with Crippen LogP contribution in [0, 0.1) is 11.6 Å². The van der Waals surface area contributed by atoms with E-state index in [1.807, 2.05) is 0 Å². The molecule has 2 aromatic carbocycles. The van der Waals surface area contributed by atoms with E-state index in [0.717, 1.165) is 41.8 Å². The van der Waals surface area contributed by atoms with Gasteiger partial charge in [-0.1, -0.05) is 29.8 Å². The third-order valence-electron chi connectivity index (χ3n) is 5.07. The molecule has 0 saturated carbocycles. The average molecular weight is 525 g/mol. The van der Waals surface area contributed by atoms with Gasteiger partial charge in [0.05, 0.1) is 23.9 Å². The maximum Gasteiger partial charge on any atom is 0.513 e. The lowest BCUT2D eigenvalue weighted by Gasteiger charge is -2.13. The second-order valence-electron chi connectivity index (χ2n) is 7.36. The minimum Gasteiger partial charge on any atom is -0.437 e. The van der Waals surface area contributed by atoms with E-state index < -0.39 is 41.0 Å². The van der Waals surface area contributed by atoms with Gasteiger partial charge in [0, 0.05) is 17.8 Å². The van der Waals surface area contributed by atoms with Gasteiger partial charge < -0.3 is 14.8 Å². The number of methoxy groups -OCH3 is 1. The number of hydrogen-bond acceptors (Lipinski definition) is 4. The highest BCUT2D eigenvalue weighted by Gasteiger charge is 2.36. The van der Waals surface area contributed by atoms with Crippen molar-refractivity contribution in [3.63, 3.8) is 0 Å². The Balaban J connectivity index is 1.74. The van der Waals surface area contributed by atoms with E-state index in [2.05, 4.69) is 10.1 Å². The number of nitrogens with one attached hydrogen (secondary N) is 1. The quantitative estimate of drug-likeness (QED) is 0.178. The van der Waals surface area contributed by atoms with E-state index >= 15 is 0 Å². The first kappa shape index (κ1) is 25.0. The number of nitrogens with zero attached hydrogens (tertiary/aromatic N) is 1. The average Bonchev–Trinajstić information content (AvgIpc) is 3.20. The van der Waals surface area contributed by atoms with Crippen molar-refractivity contribution in [1.82, 2.24) is 4.40 Å². The summed E-state index contributed by atoms with van der Waals surface area (Å²) in [5, 5.41) is 2.11. The third-order valence-corrected chi connectivity index (χ3v) is 5.35. The van der Waals surface area contributed by atoms with Gasteiger partial charge in [-0.05, 0) is 35.9 Å². The van der Waals surface area contributed by atoms with Crippen LogP contribution in [0.25, 0.3) is 16.8 Å². The minimum absolute atomic E-state index is 0.0175. The molecule has 0 aliphatic heterocycles. The topological polar surface area (TPSA) is 69.0 Å². The number of carbonyl (C=O) groups excluding carboxylic acids is 2. The SMILES string of the molecule is COC(=O)Oc1cc(Cl)n2c(-c3ccc(NC(=O)c4c(F)cccc4F)cc3)c(C(F)(F)F)cc2c1. The number of ether oxygens (including phenoxy) is 2. The fourth-order valence-corrected chi connectivity index (χ4v) is 3.84. The lowest BCUT2D eigenvalue weighted by molar-refractivity contribution is -0.137. The van der Waals surface area contributed by atoms with Crippen LogP contribution in [-0.2, 0) is 10.9 Å². The first-order chi connectivity index (χ1) is 17.0. The molecule has 0 aliphatic carbocycles. The van der Waals surface area contributed by atoms with Crippen LogP contribution in [0.4, 0.5) is 32.4 Å². The van der Waals surface area contributed by atoms with Gasteiger partial charge in [0.25, 0.3) is 5.91 Å². The van der Waals surface area contributed by atoms with Gasteiger partial charge >= 0.3 is 12.3 Å². The number of benzene rings is 2. The van der Waals surface area contributed by atoms with Crippen molar-refractivity contribution in [2.75, 3.05) is 12.4 Å².